The molecule has 1 unspecified atom stereocenters. The minimum absolute atomic E-state index is 0.130. The van der Waals surface area contributed by atoms with Gasteiger partial charge in [0.15, 0.2) is 4.87 Å². The van der Waals surface area contributed by atoms with Crippen molar-refractivity contribution in [1.82, 2.24) is 4.90 Å². The van der Waals surface area contributed by atoms with Crippen LogP contribution in [0.1, 0.15) is 35.3 Å². The molecule has 4 nitrogen and oxygen atoms in total. The van der Waals surface area contributed by atoms with Crippen LogP contribution in [0.2, 0.25) is 10.0 Å². The van der Waals surface area contributed by atoms with Crippen LogP contribution in [0, 0.1) is 0 Å². The Kier molecular flexibility index (Phi) is 5.47. The molecule has 1 fully saturated rings. The lowest BCUT2D eigenvalue weighted by molar-refractivity contribution is -0.123. The fourth-order valence-electron chi connectivity index (χ4n) is 4.69. The first kappa shape index (κ1) is 22.3. The maximum Gasteiger partial charge on any atom is 0.268 e. The zero-order valence-corrected chi connectivity index (χ0v) is 20.5. The van der Waals surface area contributed by atoms with Crippen LogP contribution in [0.3, 0.4) is 0 Å². The molecule has 0 radical (unpaired) electrons. The number of amides is 2. The van der Waals surface area contributed by atoms with Crippen LogP contribution in [-0.4, -0.2) is 28.0 Å². The third-order valence-corrected chi connectivity index (χ3v) is 8.24. The van der Waals surface area contributed by atoms with Gasteiger partial charge in [-0.05, 0) is 49.7 Å². The molecule has 2 heterocycles. The molecule has 5 rings (SSSR count). The first-order valence-electron chi connectivity index (χ1n) is 10.7. The van der Waals surface area contributed by atoms with Crippen LogP contribution in [0.5, 0.6) is 0 Å². The van der Waals surface area contributed by atoms with Gasteiger partial charge in [0.2, 0.25) is 0 Å². The average molecular weight is 497 g/mol. The number of rotatable bonds is 3. The molecule has 2 aliphatic heterocycles. The van der Waals surface area contributed by atoms with Crippen LogP contribution in [-0.2, 0) is 16.2 Å². The van der Waals surface area contributed by atoms with Crippen molar-refractivity contribution in [2.24, 2.45) is 0 Å². The molecule has 3 aromatic carbocycles. The third kappa shape index (κ3) is 3.63. The molecule has 168 valence electrons. The van der Waals surface area contributed by atoms with E-state index in [4.69, 9.17) is 23.2 Å². The Morgan fingerprint density at radius 2 is 1.73 bits per heavy atom. The molecular formula is C26H22Cl2N2O2S. The van der Waals surface area contributed by atoms with Gasteiger partial charge in [-0.3, -0.25) is 9.59 Å². The van der Waals surface area contributed by atoms with Crippen LogP contribution in [0.4, 0.5) is 5.69 Å². The number of carbonyl (C=O) groups is 2. The van der Waals surface area contributed by atoms with Crippen molar-refractivity contribution in [3.05, 3.63) is 99.5 Å². The van der Waals surface area contributed by atoms with Gasteiger partial charge < -0.3 is 9.80 Å². The fraction of sp³-hybridized carbons (Fsp3) is 0.231. The number of hydrogen-bond donors (Lipinski definition) is 0. The maximum absolute atomic E-state index is 14.2. The summed E-state index contributed by atoms with van der Waals surface area (Å²) in [5.74, 6) is -0.340. The number of benzene rings is 3. The lowest BCUT2D eigenvalue weighted by Gasteiger charge is -2.33. The van der Waals surface area contributed by atoms with E-state index < -0.39 is 4.87 Å². The molecular weight excluding hydrogens is 475 g/mol. The van der Waals surface area contributed by atoms with Crippen molar-refractivity contribution < 1.29 is 9.59 Å². The molecule has 0 N–H and O–H groups in total. The van der Waals surface area contributed by atoms with Gasteiger partial charge in [-0.25, -0.2) is 0 Å². The van der Waals surface area contributed by atoms with Crippen LogP contribution in [0.25, 0.3) is 0 Å². The monoisotopic (exact) mass is 496 g/mol. The van der Waals surface area contributed by atoms with Crippen LogP contribution >= 0.6 is 35.0 Å². The topological polar surface area (TPSA) is 40.6 Å². The molecule has 0 bridgehead atoms. The van der Waals surface area contributed by atoms with Crippen molar-refractivity contribution >= 4 is 52.5 Å². The second-order valence-corrected chi connectivity index (χ2v) is 11.7. The van der Waals surface area contributed by atoms with E-state index in [1.807, 2.05) is 48.5 Å². The zero-order valence-electron chi connectivity index (χ0n) is 18.2. The first-order valence-corrected chi connectivity index (χ1v) is 12.2. The Morgan fingerprint density at radius 1 is 1.00 bits per heavy atom. The SMILES string of the molecule is CC1(C)CN(C(=O)c2cccc(Cl)c2)C2(S1)C(=O)N(Cc1ccccc1Cl)c1ccccc12. The highest BCUT2D eigenvalue weighted by atomic mass is 35.5. The van der Waals surface area contributed by atoms with Gasteiger partial charge in [-0.15, -0.1) is 11.8 Å². The fourth-order valence-corrected chi connectivity index (χ4v) is 6.80. The van der Waals surface area contributed by atoms with Crippen molar-refractivity contribution in [1.29, 1.82) is 0 Å². The van der Waals surface area contributed by atoms with E-state index in [2.05, 4.69) is 13.8 Å². The molecule has 1 saturated heterocycles. The van der Waals surface area contributed by atoms with E-state index in [1.54, 1.807) is 34.1 Å². The molecule has 2 aliphatic rings. The highest BCUT2D eigenvalue weighted by molar-refractivity contribution is 8.02. The maximum atomic E-state index is 14.2. The summed E-state index contributed by atoms with van der Waals surface area (Å²) in [7, 11) is 0. The summed E-state index contributed by atoms with van der Waals surface area (Å²) >= 11 is 14.1. The minimum Gasteiger partial charge on any atom is -0.310 e. The number of anilines is 1. The van der Waals surface area contributed by atoms with E-state index >= 15 is 0 Å². The van der Waals surface area contributed by atoms with Gasteiger partial charge >= 0.3 is 0 Å². The van der Waals surface area contributed by atoms with Crippen molar-refractivity contribution in [2.45, 2.75) is 30.0 Å². The lowest BCUT2D eigenvalue weighted by atomic mass is 10.0. The molecule has 1 atom stereocenters. The Balaban J connectivity index is 1.64. The Hall–Kier alpha value is -2.47. The predicted molar refractivity (Wildman–Crippen MR) is 135 cm³/mol. The molecule has 2 amide bonds. The largest absolute Gasteiger partial charge is 0.310 e. The number of para-hydroxylation sites is 1. The predicted octanol–water partition coefficient (Wildman–Crippen LogP) is 6.36. The average Bonchev–Trinajstić information content (AvgIpc) is 3.21. The van der Waals surface area contributed by atoms with E-state index in [9.17, 15) is 9.59 Å². The van der Waals surface area contributed by atoms with Crippen molar-refractivity contribution in [3.63, 3.8) is 0 Å². The number of hydrogen-bond acceptors (Lipinski definition) is 3. The lowest BCUT2D eigenvalue weighted by Crippen LogP contribution is -2.50. The Morgan fingerprint density at radius 3 is 2.48 bits per heavy atom. The number of thioether (sulfide) groups is 1. The summed E-state index contributed by atoms with van der Waals surface area (Å²) < 4.78 is -0.322. The highest BCUT2D eigenvalue weighted by Gasteiger charge is 2.63. The minimum atomic E-state index is -1.15. The number of nitrogens with zero attached hydrogens (tertiary/aromatic N) is 2. The summed E-state index contributed by atoms with van der Waals surface area (Å²) in [5.41, 5.74) is 2.95. The van der Waals surface area contributed by atoms with Crippen LogP contribution < -0.4 is 4.90 Å². The second-order valence-electron chi connectivity index (χ2n) is 8.91. The van der Waals surface area contributed by atoms with Gasteiger partial charge in [0.05, 0.1) is 12.2 Å². The molecule has 7 heteroatoms. The first-order chi connectivity index (χ1) is 15.7. The molecule has 0 saturated carbocycles. The molecule has 1 spiro atoms. The van der Waals surface area contributed by atoms with Crippen LogP contribution in [0.15, 0.2) is 72.8 Å². The Labute approximate surface area is 207 Å². The van der Waals surface area contributed by atoms with Gasteiger partial charge in [0, 0.05) is 32.5 Å². The summed E-state index contributed by atoms with van der Waals surface area (Å²) in [6.07, 6.45) is 0. The normalized spacial score (nSPS) is 21.0. The standard InChI is InChI=1S/C26H22Cl2N2O2S/c1-25(2)16-30(23(31)17-9-7-10-19(27)14-17)26(33-25)20-11-4-6-13-22(20)29(24(26)32)15-18-8-3-5-12-21(18)28/h3-14H,15-16H2,1-2H3. The van der Waals surface area contributed by atoms with E-state index in [-0.39, 0.29) is 16.6 Å². The third-order valence-electron chi connectivity index (χ3n) is 6.04. The molecule has 33 heavy (non-hydrogen) atoms. The summed E-state index contributed by atoms with van der Waals surface area (Å²) in [6.45, 7) is 4.90. The van der Waals surface area contributed by atoms with E-state index in [1.165, 1.54) is 11.8 Å². The van der Waals surface area contributed by atoms with Gasteiger partial charge in [0.1, 0.15) is 0 Å². The highest BCUT2D eigenvalue weighted by Crippen LogP contribution is 2.60. The summed E-state index contributed by atoms with van der Waals surface area (Å²) in [6, 6.07) is 22.1. The number of halogens is 2. The second kappa shape index (κ2) is 8.08. The summed E-state index contributed by atoms with van der Waals surface area (Å²) in [4.78, 5) is 30.4. The van der Waals surface area contributed by atoms with Gasteiger partial charge in [-0.1, -0.05) is 65.7 Å². The van der Waals surface area contributed by atoms with Crippen molar-refractivity contribution in [3.8, 4) is 0 Å². The smallest absolute Gasteiger partial charge is 0.268 e. The van der Waals surface area contributed by atoms with E-state index in [0.717, 1.165) is 16.8 Å². The molecule has 0 aromatic heterocycles. The van der Waals surface area contributed by atoms with Crippen molar-refractivity contribution in [2.75, 3.05) is 11.4 Å². The molecule has 0 aliphatic carbocycles. The van der Waals surface area contributed by atoms with Gasteiger partial charge in [-0.2, -0.15) is 0 Å². The quantitative estimate of drug-likeness (QED) is 0.423. The zero-order chi connectivity index (χ0) is 23.4. The number of carbonyl (C=O) groups excluding carboxylic acids is 2. The van der Waals surface area contributed by atoms with E-state index in [0.29, 0.717) is 28.7 Å². The Bertz CT molecular complexity index is 1280. The summed E-state index contributed by atoms with van der Waals surface area (Å²) in [5, 5.41) is 1.09. The number of fused-ring (bicyclic) bond motifs is 2. The molecule has 3 aromatic rings. The van der Waals surface area contributed by atoms with Gasteiger partial charge in [0.25, 0.3) is 11.8 Å².